The first kappa shape index (κ1) is 8.68. The number of carboxylic acid groups (broad SMARTS) is 1. The summed E-state index contributed by atoms with van der Waals surface area (Å²) in [5, 5.41) is 16.1. The minimum atomic E-state index is -0.788. The topological polar surface area (TPSA) is 67.5 Å². The van der Waals surface area contributed by atoms with Gasteiger partial charge in [-0.05, 0) is 18.1 Å². The van der Waals surface area contributed by atoms with Crippen LogP contribution >= 0.6 is 0 Å². The Bertz CT molecular complexity index is 464. The number of pyridine rings is 1. The second kappa shape index (κ2) is 3.45. The van der Waals surface area contributed by atoms with Crippen molar-refractivity contribution in [3.05, 3.63) is 30.1 Å². The van der Waals surface area contributed by atoms with Crippen molar-refractivity contribution >= 4 is 11.5 Å². The summed E-state index contributed by atoms with van der Waals surface area (Å²) in [7, 11) is 0. The molecule has 1 N–H and O–H groups in total. The Morgan fingerprint density at radius 2 is 2.36 bits per heavy atom. The van der Waals surface area contributed by atoms with Crippen LogP contribution in [0, 0.1) is 0 Å². The summed E-state index contributed by atoms with van der Waals surface area (Å²) in [4.78, 5) is 10.4. The maximum atomic E-state index is 10.4. The largest absolute Gasteiger partial charge is 0.481 e. The molecule has 0 amide bonds. The van der Waals surface area contributed by atoms with Crippen molar-refractivity contribution in [3.63, 3.8) is 0 Å². The van der Waals surface area contributed by atoms with Gasteiger partial charge in [-0.1, -0.05) is 11.3 Å². The van der Waals surface area contributed by atoms with Crippen molar-refractivity contribution in [2.45, 2.75) is 12.8 Å². The number of aryl methyl sites for hydroxylation is 1. The average Bonchev–Trinajstić information content (AvgIpc) is 2.61. The van der Waals surface area contributed by atoms with E-state index in [1.165, 1.54) is 0 Å². The number of carbonyl (C=O) groups is 1. The van der Waals surface area contributed by atoms with Gasteiger partial charge in [0.05, 0.1) is 11.7 Å². The quantitative estimate of drug-likeness (QED) is 0.777. The molecule has 2 heterocycles. The zero-order chi connectivity index (χ0) is 9.97. The van der Waals surface area contributed by atoms with Gasteiger partial charge in [-0.15, -0.1) is 5.10 Å². The van der Waals surface area contributed by atoms with Gasteiger partial charge in [-0.3, -0.25) is 4.79 Å². The first-order valence-corrected chi connectivity index (χ1v) is 4.26. The number of hydrogen-bond donors (Lipinski definition) is 1. The smallest absolute Gasteiger partial charge is 0.303 e. The zero-order valence-corrected chi connectivity index (χ0v) is 7.42. The van der Waals surface area contributed by atoms with Crippen molar-refractivity contribution in [2.75, 3.05) is 0 Å². The molecule has 0 aliphatic carbocycles. The number of fused-ring (bicyclic) bond motifs is 1. The Balaban J connectivity index is 2.21. The monoisotopic (exact) mass is 191 g/mol. The molecule has 2 aromatic heterocycles. The Hall–Kier alpha value is -1.91. The van der Waals surface area contributed by atoms with E-state index in [1.54, 1.807) is 16.9 Å². The fraction of sp³-hybridized carbons (Fsp3) is 0.222. The summed E-state index contributed by atoms with van der Waals surface area (Å²) < 4.78 is 1.64. The SMILES string of the molecule is O=C(O)CCc1ccc2cnnn2c1. The molecule has 0 saturated heterocycles. The van der Waals surface area contributed by atoms with Gasteiger partial charge in [-0.2, -0.15) is 0 Å². The van der Waals surface area contributed by atoms with Crippen molar-refractivity contribution in [3.8, 4) is 0 Å². The molecule has 72 valence electrons. The van der Waals surface area contributed by atoms with E-state index < -0.39 is 5.97 Å². The molecule has 5 nitrogen and oxygen atoms in total. The van der Waals surface area contributed by atoms with Gasteiger partial charge in [-0.25, -0.2) is 4.52 Å². The lowest BCUT2D eigenvalue weighted by atomic mass is 10.1. The van der Waals surface area contributed by atoms with Gasteiger partial charge in [0.15, 0.2) is 0 Å². The van der Waals surface area contributed by atoms with E-state index in [-0.39, 0.29) is 6.42 Å². The number of nitrogens with zero attached hydrogens (tertiary/aromatic N) is 3. The van der Waals surface area contributed by atoms with E-state index in [2.05, 4.69) is 10.3 Å². The van der Waals surface area contributed by atoms with Crippen LogP contribution in [0.3, 0.4) is 0 Å². The van der Waals surface area contributed by atoms with E-state index in [1.807, 2.05) is 12.1 Å². The maximum absolute atomic E-state index is 10.4. The molecule has 14 heavy (non-hydrogen) atoms. The van der Waals surface area contributed by atoms with Crippen LogP contribution in [0.1, 0.15) is 12.0 Å². The van der Waals surface area contributed by atoms with Gasteiger partial charge in [0.1, 0.15) is 0 Å². The molecule has 2 rings (SSSR count). The fourth-order valence-corrected chi connectivity index (χ4v) is 1.26. The van der Waals surface area contributed by atoms with Gasteiger partial charge in [0.2, 0.25) is 0 Å². The zero-order valence-electron chi connectivity index (χ0n) is 7.42. The second-order valence-electron chi connectivity index (χ2n) is 3.03. The van der Waals surface area contributed by atoms with Gasteiger partial charge in [0.25, 0.3) is 0 Å². The highest BCUT2D eigenvalue weighted by Gasteiger charge is 2.00. The maximum Gasteiger partial charge on any atom is 0.303 e. The van der Waals surface area contributed by atoms with E-state index in [9.17, 15) is 4.79 Å². The van der Waals surface area contributed by atoms with E-state index >= 15 is 0 Å². The second-order valence-corrected chi connectivity index (χ2v) is 3.03. The van der Waals surface area contributed by atoms with Crippen LogP contribution in [0.5, 0.6) is 0 Å². The normalized spacial score (nSPS) is 10.6. The van der Waals surface area contributed by atoms with Crippen LogP contribution in [-0.2, 0) is 11.2 Å². The molecule has 0 aliphatic rings. The van der Waals surface area contributed by atoms with Crippen molar-refractivity contribution in [2.24, 2.45) is 0 Å². The first-order valence-electron chi connectivity index (χ1n) is 4.26. The first-order chi connectivity index (χ1) is 6.75. The van der Waals surface area contributed by atoms with Crippen LogP contribution in [0.25, 0.3) is 5.52 Å². The van der Waals surface area contributed by atoms with Gasteiger partial charge in [0, 0.05) is 12.6 Å². The predicted octanol–water partition coefficient (Wildman–Crippen LogP) is 0.746. The molecule has 2 aromatic rings. The number of aromatic nitrogens is 3. The minimum absolute atomic E-state index is 0.139. The predicted molar refractivity (Wildman–Crippen MR) is 48.9 cm³/mol. The van der Waals surface area contributed by atoms with Crippen LogP contribution in [-0.4, -0.2) is 25.9 Å². The minimum Gasteiger partial charge on any atom is -0.481 e. The number of rotatable bonds is 3. The number of hydrogen-bond acceptors (Lipinski definition) is 3. The van der Waals surface area contributed by atoms with Crippen LogP contribution in [0.2, 0.25) is 0 Å². The molecular weight excluding hydrogens is 182 g/mol. The molecule has 0 fully saturated rings. The molecular formula is C9H9N3O2. The lowest BCUT2D eigenvalue weighted by Gasteiger charge is -1.98. The summed E-state index contributed by atoms with van der Waals surface area (Å²) >= 11 is 0. The summed E-state index contributed by atoms with van der Waals surface area (Å²) in [5.41, 5.74) is 1.86. The summed E-state index contributed by atoms with van der Waals surface area (Å²) in [6.07, 6.45) is 4.11. The molecule has 0 aromatic carbocycles. The summed E-state index contributed by atoms with van der Waals surface area (Å²) in [5.74, 6) is -0.788. The molecule has 0 saturated carbocycles. The standard InChI is InChI=1S/C9H9N3O2/c13-9(14)4-2-7-1-3-8-5-10-11-12(8)6-7/h1,3,5-6H,2,4H2,(H,13,14). The molecule has 0 bridgehead atoms. The molecule has 0 aliphatic heterocycles. The fourth-order valence-electron chi connectivity index (χ4n) is 1.26. The van der Waals surface area contributed by atoms with Crippen LogP contribution in [0.15, 0.2) is 24.5 Å². The molecule has 5 heteroatoms. The average molecular weight is 191 g/mol. The Morgan fingerprint density at radius 3 is 3.14 bits per heavy atom. The van der Waals surface area contributed by atoms with E-state index in [4.69, 9.17) is 5.11 Å². The highest BCUT2D eigenvalue weighted by Crippen LogP contribution is 2.06. The number of carboxylic acids is 1. The molecule has 0 atom stereocenters. The van der Waals surface area contributed by atoms with Crippen molar-refractivity contribution < 1.29 is 9.90 Å². The molecule has 0 radical (unpaired) electrons. The van der Waals surface area contributed by atoms with E-state index in [0.717, 1.165) is 11.1 Å². The lowest BCUT2D eigenvalue weighted by Crippen LogP contribution is -1.99. The third kappa shape index (κ3) is 1.71. The summed E-state index contributed by atoms with van der Waals surface area (Å²) in [6.45, 7) is 0. The van der Waals surface area contributed by atoms with E-state index in [0.29, 0.717) is 6.42 Å². The number of aliphatic carboxylic acids is 1. The Kier molecular flexibility index (Phi) is 2.14. The van der Waals surface area contributed by atoms with Gasteiger partial charge < -0.3 is 5.11 Å². The summed E-state index contributed by atoms with van der Waals surface area (Å²) in [6, 6.07) is 3.76. The van der Waals surface area contributed by atoms with Crippen LogP contribution in [0.4, 0.5) is 0 Å². The molecule has 0 spiro atoms. The van der Waals surface area contributed by atoms with Gasteiger partial charge >= 0.3 is 5.97 Å². The Morgan fingerprint density at radius 1 is 1.50 bits per heavy atom. The van der Waals surface area contributed by atoms with Crippen molar-refractivity contribution in [1.82, 2.24) is 14.8 Å². The van der Waals surface area contributed by atoms with Crippen LogP contribution < -0.4 is 0 Å². The Labute approximate surface area is 80.0 Å². The van der Waals surface area contributed by atoms with Crippen molar-refractivity contribution in [1.29, 1.82) is 0 Å². The highest BCUT2D eigenvalue weighted by molar-refractivity contribution is 5.67. The molecule has 0 unspecified atom stereocenters. The highest BCUT2D eigenvalue weighted by atomic mass is 16.4. The lowest BCUT2D eigenvalue weighted by molar-refractivity contribution is -0.136. The third-order valence-corrected chi connectivity index (χ3v) is 1.99. The third-order valence-electron chi connectivity index (χ3n) is 1.99.